The zero-order valence-corrected chi connectivity index (χ0v) is 16.4. The molecule has 1 heterocycles. The summed E-state index contributed by atoms with van der Waals surface area (Å²) >= 11 is 3.33. The molecule has 7 heteroatoms. The van der Waals surface area contributed by atoms with Crippen LogP contribution in [0.25, 0.3) is 0 Å². The Hall–Kier alpha value is -3.21. The van der Waals surface area contributed by atoms with Gasteiger partial charge in [0.05, 0.1) is 17.7 Å². The topological polar surface area (TPSA) is 87.0 Å². The number of pyridine rings is 1. The lowest BCUT2D eigenvalue weighted by molar-refractivity contribution is 0.0234. The van der Waals surface area contributed by atoms with E-state index in [0.29, 0.717) is 27.8 Å². The lowest BCUT2D eigenvalue weighted by Crippen LogP contribution is -2.24. The van der Waals surface area contributed by atoms with Crippen molar-refractivity contribution in [2.45, 2.75) is 13.2 Å². The molecule has 0 aliphatic carbocycles. The smallest absolute Gasteiger partial charge is 0.276 e. The minimum absolute atomic E-state index is 0.183. The molecule has 0 unspecified atom stereocenters. The number of aromatic nitrogens is 1. The Morgan fingerprint density at radius 1 is 1.11 bits per heavy atom. The second-order valence-electron chi connectivity index (χ2n) is 5.90. The Labute approximate surface area is 171 Å². The minimum atomic E-state index is -0.342. The lowest BCUT2D eigenvalue weighted by atomic mass is 10.1. The van der Waals surface area contributed by atoms with E-state index in [1.165, 1.54) is 0 Å². The third-order valence-electron chi connectivity index (χ3n) is 3.96. The highest BCUT2D eigenvalue weighted by molar-refractivity contribution is 9.10. The number of nitrogens with zero attached hydrogens (tertiary/aromatic N) is 2. The van der Waals surface area contributed by atoms with Crippen molar-refractivity contribution in [2.24, 2.45) is 0 Å². The van der Waals surface area contributed by atoms with Crippen molar-refractivity contribution in [2.75, 3.05) is 5.32 Å². The molecule has 140 valence electrons. The fourth-order valence-electron chi connectivity index (χ4n) is 2.51. The summed E-state index contributed by atoms with van der Waals surface area (Å²) in [5, 5.41) is 12.2. The molecule has 0 saturated carbocycles. The Balaban J connectivity index is 1.58. The highest BCUT2D eigenvalue weighted by Crippen LogP contribution is 2.19. The monoisotopic (exact) mass is 436 g/mol. The lowest BCUT2D eigenvalue weighted by Gasteiger charge is -2.12. The van der Waals surface area contributed by atoms with Gasteiger partial charge in [0.25, 0.3) is 5.91 Å². The molecule has 1 aromatic heterocycles. The van der Waals surface area contributed by atoms with E-state index < -0.39 is 0 Å². The van der Waals surface area contributed by atoms with E-state index in [2.05, 4.69) is 37.8 Å². The summed E-state index contributed by atoms with van der Waals surface area (Å²) in [5.74, 6) is -0.342. The van der Waals surface area contributed by atoms with Crippen LogP contribution in [0.2, 0.25) is 0 Å². The molecule has 0 aliphatic heterocycles. The molecule has 0 spiro atoms. The number of amides is 1. The Morgan fingerprint density at radius 2 is 1.89 bits per heavy atom. The van der Waals surface area contributed by atoms with Crippen molar-refractivity contribution in [3.8, 4) is 6.07 Å². The molecule has 3 rings (SSSR count). The first-order valence-corrected chi connectivity index (χ1v) is 9.29. The van der Waals surface area contributed by atoms with Gasteiger partial charge in [-0.3, -0.25) is 14.6 Å². The second-order valence-corrected chi connectivity index (χ2v) is 6.75. The first-order chi connectivity index (χ1) is 13.7. The van der Waals surface area contributed by atoms with Gasteiger partial charge >= 0.3 is 0 Å². The van der Waals surface area contributed by atoms with E-state index in [9.17, 15) is 4.79 Å². The fourth-order valence-corrected chi connectivity index (χ4v) is 3.03. The van der Waals surface area contributed by atoms with Crippen LogP contribution in [0.4, 0.5) is 5.69 Å². The summed E-state index contributed by atoms with van der Waals surface area (Å²) in [6, 6.07) is 18.4. The number of benzene rings is 2. The highest BCUT2D eigenvalue weighted by Gasteiger charge is 2.11. The molecule has 0 saturated heterocycles. The van der Waals surface area contributed by atoms with Crippen LogP contribution in [0, 0.1) is 11.3 Å². The van der Waals surface area contributed by atoms with Gasteiger partial charge in [-0.1, -0.05) is 18.2 Å². The van der Waals surface area contributed by atoms with Crippen molar-refractivity contribution < 1.29 is 9.63 Å². The molecule has 0 radical (unpaired) electrons. The maximum atomic E-state index is 12.5. The van der Waals surface area contributed by atoms with Gasteiger partial charge in [0.1, 0.15) is 6.07 Å². The predicted molar refractivity (Wildman–Crippen MR) is 109 cm³/mol. The third kappa shape index (κ3) is 5.16. The number of nitrogens with one attached hydrogen (secondary N) is 2. The molecule has 1 amide bonds. The predicted octanol–water partition coefficient (Wildman–Crippen LogP) is 4.19. The van der Waals surface area contributed by atoms with E-state index in [1.54, 1.807) is 42.7 Å². The van der Waals surface area contributed by atoms with Gasteiger partial charge in [0.15, 0.2) is 0 Å². The Bertz CT molecular complexity index is 1000. The summed E-state index contributed by atoms with van der Waals surface area (Å²) < 4.78 is 0.688. The fraction of sp³-hybridized carbons (Fsp3) is 0.0952. The summed E-state index contributed by atoms with van der Waals surface area (Å²) in [4.78, 5) is 21.8. The second kappa shape index (κ2) is 9.65. The van der Waals surface area contributed by atoms with E-state index >= 15 is 0 Å². The maximum Gasteiger partial charge on any atom is 0.276 e. The van der Waals surface area contributed by atoms with Gasteiger partial charge in [0.2, 0.25) is 0 Å². The van der Waals surface area contributed by atoms with Crippen molar-refractivity contribution in [1.82, 2.24) is 10.5 Å². The molecule has 6 nitrogen and oxygen atoms in total. The first-order valence-electron chi connectivity index (χ1n) is 8.50. The Morgan fingerprint density at radius 3 is 2.64 bits per heavy atom. The van der Waals surface area contributed by atoms with Crippen LogP contribution in [0.5, 0.6) is 0 Å². The molecule has 2 N–H and O–H groups in total. The number of hydrogen-bond acceptors (Lipinski definition) is 5. The third-order valence-corrected chi connectivity index (χ3v) is 4.62. The van der Waals surface area contributed by atoms with Gasteiger partial charge in [-0.05, 0) is 63.5 Å². The number of halogens is 1. The molecule has 0 aliphatic rings. The van der Waals surface area contributed by atoms with Crippen LogP contribution in [0.15, 0.2) is 71.5 Å². The molecule has 28 heavy (non-hydrogen) atoms. The standard InChI is InChI=1S/C21H17BrN4O2/c22-19-11-16(5-6-17(19)12-23)14-28-26-21(27)18-3-1-2-4-20(18)25-13-15-7-9-24-10-8-15/h1-11,25H,13-14H2,(H,26,27). The average Bonchev–Trinajstić information content (AvgIpc) is 2.73. The van der Waals surface area contributed by atoms with E-state index in [0.717, 1.165) is 11.1 Å². The van der Waals surface area contributed by atoms with Crippen molar-refractivity contribution in [1.29, 1.82) is 5.26 Å². The van der Waals surface area contributed by atoms with Gasteiger partial charge < -0.3 is 5.32 Å². The zero-order chi connectivity index (χ0) is 19.8. The normalized spacial score (nSPS) is 10.1. The van der Waals surface area contributed by atoms with Gasteiger partial charge in [-0.2, -0.15) is 5.26 Å². The maximum absolute atomic E-state index is 12.5. The summed E-state index contributed by atoms with van der Waals surface area (Å²) in [6.45, 7) is 0.760. The van der Waals surface area contributed by atoms with E-state index in [1.807, 2.05) is 24.3 Å². The van der Waals surface area contributed by atoms with Crippen molar-refractivity contribution >= 4 is 27.5 Å². The van der Waals surface area contributed by atoms with Crippen LogP contribution < -0.4 is 10.8 Å². The molecule has 0 bridgehead atoms. The van der Waals surface area contributed by atoms with Crippen LogP contribution >= 0.6 is 15.9 Å². The molecule has 0 atom stereocenters. The van der Waals surface area contributed by atoms with Gasteiger partial charge in [0, 0.05) is 29.1 Å². The number of carbonyl (C=O) groups excluding carboxylic acids is 1. The van der Waals surface area contributed by atoms with Crippen molar-refractivity contribution in [3.05, 3.63) is 93.7 Å². The number of carbonyl (C=O) groups is 1. The number of hydrogen-bond donors (Lipinski definition) is 2. The quantitative estimate of drug-likeness (QED) is 0.542. The summed E-state index contributed by atoms with van der Waals surface area (Å²) in [6.07, 6.45) is 3.45. The van der Waals surface area contributed by atoms with E-state index in [4.69, 9.17) is 10.1 Å². The molecule has 0 fully saturated rings. The molecule has 3 aromatic rings. The van der Waals surface area contributed by atoms with Crippen molar-refractivity contribution in [3.63, 3.8) is 0 Å². The van der Waals surface area contributed by atoms with Crippen LogP contribution in [-0.2, 0) is 18.0 Å². The number of para-hydroxylation sites is 1. The largest absolute Gasteiger partial charge is 0.380 e. The Kier molecular flexibility index (Phi) is 6.73. The SMILES string of the molecule is N#Cc1ccc(CONC(=O)c2ccccc2NCc2ccncc2)cc1Br. The van der Waals surface area contributed by atoms with Gasteiger partial charge in [-0.15, -0.1) is 0 Å². The molecule has 2 aromatic carbocycles. The molecular formula is C21H17BrN4O2. The number of rotatable bonds is 7. The minimum Gasteiger partial charge on any atom is -0.380 e. The van der Waals surface area contributed by atoms with Crippen LogP contribution in [-0.4, -0.2) is 10.9 Å². The zero-order valence-electron chi connectivity index (χ0n) is 14.9. The number of nitriles is 1. The van der Waals surface area contributed by atoms with Crippen LogP contribution in [0.3, 0.4) is 0 Å². The summed E-state index contributed by atoms with van der Waals surface area (Å²) in [5.41, 5.74) is 6.09. The highest BCUT2D eigenvalue weighted by atomic mass is 79.9. The first kappa shape index (κ1) is 19.5. The average molecular weight is 437 g/mol. The van der Waals surface area contributed by atoms with E-state index in [-0.39, 0.29) is 12.5 Å². The number of hydroxylamine groups is 1. The number of anilines is 1. The van der Waals surface area contributed by atoms with Crippen LogP contribution in [0.1, 0.15) is 27.0 Å². The summed E-state index contributed by atoms with van der Waals surface area (Å²) in [7, 11) is 0. The molecular weight excluding hydrogens is 420 g/mol. The van der Waals surface area contributed by atoms with Gasteiger partial charge in [-0.25, -0.2) is 5.48 Å².